The van der Waals surface area contributed by atoms with Crippen LogP contribution in [0.15, 0.2) is 67.0 Å². The van der Waals surface area contributed by atoms with Gasteiger partial charge in [-0.15, -0.1) is 0 Å². The van der Waals surface area contributed by atoms with Crippen LogP contribution in [-0.4, -0.2) is 17.6 Å². The zero-order valence-corrected chi connectivity index (χ0v) is 15.0. The lowest BCUT2D eigenvalue weighted by molar-refractivity contribution is 0.0527. The average Bonchev–Trinajstić information content (AvgIpc) is 2.67. The Morgan fingerprint density at radius 2 is 1.77 bits per heavy atom. The molecule has 0 radical (unpaired) electrons. The highest BCUT2D eigenvalue weighted by Gasteiger charge is 2.13. The molecule has 0 atom stereocenters. The summed E-state index contributed by atoms with van der Waals surface area (Å²) >= 11 is 0. The van der Waals surface area contributed by atoms with Crippen molar-refractivity contribution in [2.45, 2.75) is 20.4 Å². The molecule has 1 heterocycles. The van der Waals surface area contributed by atoms with E-state index in [1.54, 1.807) is 25.4 Å². The van der Waals surface area contributed by atoms with Gasteiger partial charge < -0.3 is 10.1 Å². The fourth-order valence-electron chi connectivity index (χ4n) is 2.92. The van der Waals surface area contributed by atoms with E-state index in [1.165, 1.54) is 16.7 Å². The Bertz CT molecular complexity index is 906. The summed E-state index contributed by atoms with van der Waals surface area (Å²) in [4.78, 5) is 16.2. The molecule has 1 N–H and O–H groups in total. The second-order valence-corrected chi connectivity index (χ2v) is 5.97. The van der Waals surface area contributed by atoms with Gasteiger partial charge in [0, 0.05) is 12.7 Å². The van der Waals surface area contributed by atoms with E-state index >= 15 is 0 Å². The lowest BCUT2D eigenvalue weighted by atomic mass is 9.96. The number of rotatable bonds is 6. The Labute approximate surface area is 153 Å². The number of carbonyl (C=O) groups is 1. The van der Waals surface area contributed by atoms with Crippen LogP contribution < -0.4 is 5.32 Å². The van der Waals surface area contributed by atoms with E-state index in [0.29, 0.717) is 24.4 Å². The van der Waals surface area contributed by atoms with Crippen molar-refractivity contribution in [1.82, 2.24) is 4.98 Å². The summed E-state index contributed by atoms with van der Waals surface area (Å²) in [6, 6.07) is 18.3. The molecule has 0 aliphatic carbocycles. The van der Waals surface area contributed by atoms with Gasteiger partial charge in [-0.2, -0.15) is 0 Å². The fourth-order valence-corrected chi connectivity index (χ4v) is 2.92. The molecule has 0 spiro atoms. The Hall–Kier alpha value is -3.14. The Kier molecular flexibility index (Phi) is 5.64. The molecule has 0 aliphatic rings. The van der Waals surface area contributed by atoms with Gasteiger partial charge in [-0.3, -0.25) is 4.98 Å². The van der Waals surface area contributed by atoms with Crippen molar-refractivity contribution >= 4 is 11.7 Å². The third-order valence-electron chi connectivity index (χ3n) is 4.24. The number of nitrogens with zero attached hydrogens (tertiary/aromatic N) is 1. The maximum absolute atomic E-state index is 12.1. The largest absolute Gasteiger partial charge is 0.462 e. The van der Waals surface area contributed by atoms with E-state index in [2.05, 4.69) is 41.5 Å². The predicted octanol–water partition coefficient (Wildman–Crippen LogP) is 4.85. The van der Waals surface area contributed by atoms with Crippen molar-refractivity contribution in [3.8, 4) is 11.1 Å². The molecule has 2 aromatic carbocycles. The van der Waals surface area contributed by atoms with E-state index < -0.39 is 0 Å². The Morgan fingerprint density at radius 3 is 2.54 bits per heavy atom. The zero-order chi connectivity index (χ0) is 18.4. The van der Waals surface area contributed by atoms with Crippen LogP contribution in [0, 0.1) is 6.92 Å². The number of aromatic nitrogens is 1. The lowest BCUT2D eigenvalue weighted by Gasteiger charge is -2.15. The molecule has 132 valence electrons. The highest BCUT2D eigenvalue weighted by atomic mass is 16.5. The average molecular weight is 346 g/mol. The van der Waals surface area contributed by atoms with Gasteiger partial charge in [0.15, 0.2) is 0 Å². The molecule has 4 heteroatoms. The molecule has 26 heavy (non-hydrogen) atoms. The van der Waals surface area contributed by atoms with Gasteiger partial charge in [0.25, 0.3) is 0 Å². The van der Waals surface area contributed by atoms with Crippen molar-refractivity contribution in [2.24, 2.45) is 0 Å². The van der Waals surface area contributed by atoms with Crippen LogP contribution in [0.25, 0.3) is 11.1 Å². The van der Waals surface area contributed by atoms with Crippen LogP contribution in [0.2, 0.25) is 0 Å². The van der Waals surface area contributed by atoms with Crippen LogP contribution in [0.3, 0.4) is 0 Å². The molecule has 1 aromatic heterocycles. The Morgan fingerprint density at radius 1 is 1.04 bits per heavy atom. The first-order chi connectivity index (χ1) is 12.7. The minimum atomic E-state index is -0.343. The normalized spacial score (nSPS) is 10.4. The van der Waals surface area contributed by atoms with Crippen LogP contribution >= 0.6 is 0 Å². The summed E-state index contributed by atoms with van der Waals surface area (Å²) in [5.74, 6) is -0.343. The Balaban J connectivity index is 1.86. The number of benzene rings is 2. The van der Waals surface area contributed by atoms with E-state index in [0.717, 1.165) is 5.56 Å². The number of esters is 1. The highest BCUT2D eigenvalue weighted by molar-refractivity contribution is 5.95. The molecule has 0 aliphatic heterocycles. The summed E-state index contributed by atoms with van der Waals surface area (Å²) in [6.07, 6.45) is 3.25. The van der Waals surface area contributed by atoms with Crippen LogP contribution in [0.1, 0.15) is 28.4 Å². The molecular formula is C22H22N2O2. The standard InChI is InChI=1S/C22H22N2O2/c1-3-26-22(25)20-12-13-23-15-21(20)24-14-17-9-5-7-11-19(17)18-10-6-4-8-16(18)2/h4-13,15,24H,3,14H2,1-2H3. The van der Waals surface area contributed by atoms with Crippen molar-refractivity contribution in [1.29, 1.82) is 0 Å². The van der Waals surface area contributed by atoms with E-state index in [1.807, 2.05) is 24.3 Å². The van der Waals surface area contributed by atoms with Crippen molar-refractivity contribution < 1.29 is 9.53 Å². The number of carbonyl (C=O) groups excluding carboxylic acids is 1. The second-order valence-electron chi connectivity index (χ2n) is 5.97. The van der Waals surface area contributed by atoms with Crippen LogP contribution in [-0.2, 0) is 11.3 Å². The highest BCUT2D eigenvalue weighted by Crippen LogP contribution is 2.27. The minimum absolute atomic E-state index is 0.343. The minimum Gasteiger partial charge on any atom is -0.462 e. The van der Waals surface area contributed by atoms with Gasteiger partial charge in [0.2, 0.25) is 0 Å². The molecular weight excluding hydrogens is 324 g/mol. The van der Waals surface area contributed by atoms with Gasteiger partial charge in [0.05, 0.1) is 24.1 Å². The first-order valence-corrected chi connectivity index (χ1v) is 8.69. The molecule has 4 nitrogen and oxygen atoms in total. The maximum atomic E-state index is 12.1. The number of nitrogens with one attached hydrogen (secondary N) is 1. The SMILES string of the molecule is CCOC(=O)c1ccncc1NCc1ccccc1-c1ccccc1C. The second kappa shape index (κ2) is 8.30. The first kappa shape index (κ1) is 17.7. The predicted molar refractivity (Wildman–Crippen MR) is 104 cm³/mol. The third kappa shape index (κ3) is 3.91. The van der Waals surface area contributed by atoms with E-state index in [9.17, 15) is 4.79 Å². The quantitative estimate of drug-likeness (QED) is 0.649. The lowest BCUT2D eigenvalue weighted by Crippen LogP contribution is -2.10. The third-order valence-corrected chi connectivity index (χ3v) is 4.24. The summed E-state index contributed by atoms with van der Waals surface area (Å²) in [6.45, 7) is 4.84. The summed E-state index contributed by atoms with van der Waals surface area (Å²) < 4.78 is 5.12. The molecule has 0 saturated carbocycles. The number of aryl methyl sites for hydroxylation is 1. The van der Waals surface area contributed by atoms with Crippen molar-refractivity contribution in [3.05, 3.63) is 83.7 Å². The van der Waals surface area contributed by atoms with Gasteiger partial charge >= 0.3 is 5.97 Å². The maximum Gasteiger partial charge on any atom is 0.340 e. The molecule has 3 aromatic rings. The summed E-state index contributed by atoms with van der Waals surface area (Å²) in [5, 5.41) is 3.34. The van der Waals surface area contributed by atoms with Crippen LogP contribution in [0.5, 0.6) is 0 Å². The smallest absolute Gasteiger partial charge is 0.340 e. The molecule has 0 amide bonds. The number of pyridine rings is 1. The van der Waals surface area contributed by atoms with Gasteiger partial charge in [-0.05, 0) is 42.2 Å². The van der Waals surface area contributed by atoms with Crippen LogP contribution in [0.4, 0.5) is 5.69 Å². The summed E-state index contributed by atoms with van der Waals surface area (Å²) in [5.41, 5.74) is 5.94. The molecule has 0 unspecified atom stereocenters. The molecule has 0 fully saturated rings. The number of anilines is 1. The molecule has 3 rings (SSSR count). The molecule has 0 bridgehead atoms. The number of hydrogen-bond acceptors (Lipinski definition) is 4. The zero-order valence-electron chi connectivity index (χ0n) is 15.0. The summed E-state index contributed by atoms with van der Waals surface area (Å²) in [7, 11) is 0. The van der Waals surface area contributed by atoms with E-state index in [-0.39, 0.29) is 5.97 Å². The van der Waals surface area contributed by atoms with Gasteiger partial charge in [0.1, 0.15) is 0 Å². The van der Waals surface area contributed by atoms with Crippen molar-refractivity contribution in [3.63, 3.8) is 0 Å². The number of ether oxygens (including phenoxy) is 1. The van der Waals surface area contributed by atoms with E-state index in [4.69, 9.17) is 4.74 Å². The molecule has 0 saturated heterocycles. The fraction of sp³-hybridized carbons (Fsp3) is 0.182. The van der Waals surface area contributed by atoms with Crippen molar-refractivity contribution in [2.75, 3.05) is 11.9 Å². The topological polar surface area (TPSA) is 51.2 Å². The number of hydrogen-bond donors (Lipinski definition) is 1. The monoisotopic (exact) mass is 346 g/mol. The van der Waals surface area contributed by atoms with Gasteiger partial charge in [-0.1, -0.05) is 48.5 Å². The first-order valence-electron chi connectivity index (χ1n) is 8.69. The van der Waals surface area contributed by atoms with Gasteiger partial charge in [-0.25, -0.2) is 4.79 Å².